The average molecular weight is 473 g/mol. The SMILES string of the molecule is [B]C1([B])N(c2ccn(-c3cc(-c4c(F)cccc4C#N)nc4c3C(=O)NC4)n2)C([B])([B])C([B])(O)C1([B])[B]. The van der Waals surface area contributed by atoms with Crippen LogP contribution in [-0.4, -0.2) is 96.9 Å². The Morgan fingerprint density at radius 3 is 2.41 bits per heavy atom. The highest BCUT2D eigenvalue weighted by Gasteiger charge is 2.65. The molecule has 0 aliphatic carbocycles. The van der Waals surface area contributed by atoms with Crippen molar-refractivity contribution in [3.8, 4) is 23.0 Å². The summed E-state index contributed by atoms with van der Waals surface area (Å²) < 4.78 is 16.0. The maximum absolute atomic E-state index is 14.8. The molecule has 1 aromatic carbocycles. The molecule has 2 aliphatic heterocycles. The molecule has 1 amide bonds. The lowest BCUT2D eigenvalue weighted by molar-refractivity contribution is 0.0965. The number of aliphatic hydroxyl groups is 1. The molecule has 14 radical (unpaired) electrons. The van der Waals surface area contributed by atoms with Crippen LogP contribution in [0.15, 0.2) is 36.5 Å². The van der Waals surface area contributed by atoms with Gasteiger partial charge in [-0.1, -0.05) is 11.3 Å². The number of anilines is 1. The van der Waals surface area contributed by atoms with Gasteiger partial charge in [-0.25, -0.2) is 14.1 Å². The average Bonchev–Trinajstić information content (AvgIpc) is 3.46. The normalized spacial score (nSPS) is 22.8. The largest absolute Gasteiger partial charge is 0.400 e. The highest BCUT2D eigenvalue weighted by atomic mass is 19.1. The third-order valence-electron chi connectivity index (χ3n) is 6.80. The molecule has 164 valence electrons. The third kappa shape index (κ3) is 3.23. The molecule has 8 nitrogen and oxygen atoms in total. The lowest BCUT2D eigenvalue weighted by Crippen LogP contribution is -2.63. The van der Waals surface area contributed by atoms with Crippen LogP contribution in [0.25, 0.3) is 16.9 Å². The van der Waals surface area contributed by atoms with Crippen LogP contribution in [-0.2, 0) is 6.54 Å². The molecule has 2 aliphatic rings. The van der Waals surface area contributed by atoms with Gasteiger partial charge >= 0.3 is 0 Å². The number of halogens is 1. The van der Waals surface area contributed by atoms with Gasteiger partial charge in [-0.05, 0) is 28.9 Å². The molecule has 1 atom stereocenters. The van der Waals surface area contributed by atoms with Crippen LogP contribution in [0.5, 0.6) is 0 Å². The van der Waals surface area contributed by atoms with Gasteiger partial charge in [-0.2, -0.15) is 10.4 Å². The van der Waals surface area contributed by atoms with Crippen molar-refractivity contribution in [1.82, 2.24) is 20.1 Å². The second-order valence-electron chi connectivity index (χ2n) is 9.05. The molecule has 2 aromatic heterocycles. The van der Waals surface area contributed by atoms with Gasteiger partial charge in [0.1, 0.15) is 19.5 Å². The topological polar surface area (TPSA) is 107 Å². The number of nitrogens with zero attached hydrogens (tertiary/aromatic N) is 5. The predicted octanol–water partition coefficient (Wildman–Crippen LogP) is -1.70. The summed E-state index contributed by atoms with van der Waals surface area (Å²) in [5, 5.41) is 20.2. The van der Waals surface area contributed by atoms with E-state index in [0.29, 0.717) is 5.69 Å². The zero-order chi connectivity index (χ0) is 27.1. The Morgan fingerprint density at radius 2 is 1.78 bits per heavy atom. The van der Waals surface area contributed by atoms with Crippen molar-refractivity contribution >= 4 is 66.6 Å². The Bertz CT molecular complexity index is 1490. The Balaban J connectivity index is 1.69. The number of pyridine rings is 1. The van der Waals surface area contributed by atoms with Crippen LogP contribution in [0.3, 0.4) is 0 Å². The van der Waals surface area contributed by atoms with Crippen molar-refractivity contribution in [3.05, 3.63) is 59.2 Å². The third-order valence-corrected chi connectivity index (χ3v) is 6.80. The fraction of sp³-hybridized carbons (Fsp3) is 0.238. The second-order valence-corrected chi connectivity index (χ2v) is 9.05. The summed E-state index contributed by atoms with van der Waals surface area (Å²) in [5.41, 5.74) is -1.94. The smallest absolute Gasteiger partial charge is 0.255 e. The van der Waals surface area contributed by atoms with Gasteiger partial charge in [0, 0.05) is 17.8 Å². The van der Waals surface area contributed by atoms with Gasteiger partial charge in [0.25, 0.3) is 5.91 Å². The highest BCUT2D eigenvalue weighted by molar-refractivity contribution is 6.63. The summed E-state index contributed by atoms with van der Waals surface area (Å²) in [5.74, 6) is -1.23. The number of benzene rings is 1. The number of fused-ring (bicyclic) bond motifs is 1. The predicted molar refractivity (Wildman–Crippen MR) is 138 cm³/mol. The van der Waals surface area contributed by atoms with Crippen molar-refractivity contribution < 1.29 is 14.3 Å². The van der Waals surface area contributed by atoms with E-state index in [9.17, 15) is 19.6 Å². The quantitative estimate of drug-likeness (QED) is 0.440. The molecule has 1 saturated heterocycles. The number of amides is 1. The Hall–Kier alpha value is -3.32. The first-order valence-corrected chi connectivity index (χ1v) is 10.8. The molecule has 1 fully saturated rings. The van der Waals surface area contributed by atoms with Gasteiger partial charge in [0.05, 0.1) is 93.5 Å². The zero-order valence-corrected chi connectivity index (χ0v) is 19.2. The Morgan fingerprint density at radius 1 is 1.08 bits per heavy atom. The monoisotopic (exact) mass is 474 g/mol. The van der Waals surface area contributed by atoms with Gasteiger partial charge in [-0.15, -0.1) is 0 Å². The Labute approximate surface area is 221 Å². The lowest BCUT2D eigenvalue weighted by Gasteiger charge is -2.47. The summed E-state index contributed by atoms with van der Waals surface area (Å²) in [6, 6.07) is 8.74. The minimum absolute atomic E-state index is 0.0459. The van der Waals surface area contributed by atoms with E-state index >= 15 is 0 Å². The Kier molecular flexibility index (Phi) is 5.37. The summed E-state index contributed by atoms with van der Waals surface area (Å²) in [6.07, 6.45) is 1.40. The highest BCUT2D eigenvalue weighted by Crippen LogP contribution is 2.56. The van der Waals surface area contributed by atoms with Crippen LogP contribution in [0.4, 0.5) is 10.2 Å². The molecule has 0 bridgehead atoms. The van der Waals surface area contributed by atoms with Gasteiger partial charge in [0.2, 0.25) is 0 Å². The molecule has 3 aromatic rings. The molecule has 0 saturated carbocycles. The first kappa shape index (κ1) is 25.3. The molecule has 0 spiro atoms. The maximum atomic E-state index is 14.8. The molecular formula is C21H10B7FN6O2. The van der Waals surface area contributed by atoms with E-state index in [1.165, 1.54) is 41.2 Å². The van der Waals surface area contributed by atoms with Crippen LogP contribution in [0.1, 0.15) is 21.6 Å². The second kappa shape index (κ2) is 7.84. The fourth-order valence-corrected chi connectivity index (χ4v) is 4.64. The molecule has 2 N–H and O–H groups in total. The number of carbonyl (C=O) groups excluding carboxylic acids is 1. The summed E-state index contributed by atoms with van der Waals surface area (Å²) >= 11 is 0. The number of carbonyl (C=O) groups is 1. The van der Waals surface area contributed by atoms with E-state index in [4.69, 9.17) is 54.9 Å². The standard InChI is InChI=1S/C21H10B7FN6O2/c22-18(23)19(24,37)21(27,28)35(20(18,25)26)14-4-5-34(33-14)13-6-11(32-12-8-31-17(36)16(12)13)15-9(7-30)2-1-3-10(15)29/h1-6,37H,8H2,(H,31,36). The van der Waals surface area contributed by atoms with Gasteiger partial charge < -0.3 is 15.3 Å². The minimum Gasteiger partial charge on any atom is -0.400 e. The maximum Gasteiger partial charge on any atom is 0.255 e. The number of hydrogen-bond acceptors (Lipinski definition) is 6. The lowest BCUT2D eigenvalue weighted by atomic mass is 9.26. The zero-order valence-electron chi connectivity index (χ0n) is 19.2. The minimum atomic E-state index is -2.68. The van der Waals surface area contributed by atoms with E-state index in [2.05, 4.69) is 15.4 Å². The molecule has 1 unspecified atom stereocenters. The fourth-order valence-electron chi connectivity index (χ4n) is 4.64. The van der Waals surface area contributed by atoms with Crippen LogP contribution in [0.2, 0.25) is 5.21 Å². The molecular weight excluding hydrogens is 463 g/mol. The van der Waals surface area contributed by atoms with Crippen LogP contribution < -0.4 is 10.2 Å². The van der Waals surface area contributed by atoms with E-state index in [1.807, 2.05) is 6.07 Å². The summed E-state index contributed by atoms with van der Waals surface area (Å²) in [7, 11) is 42.3. The first-order chi connectivity index (χ1) is 17.2. The van der Waals surface area contributed by atoms with Crippen molar-refractivity contribution in [2.24, 2.45) is 0 Å². The van der Waals surface area contributed by atoms with Gasteiger partial charge in [-0.3, -0.25) is 4.79 Å². The van der Waals surface area contributed by atoms with Crippen molar-refractivity contribution in [1.29, 1.82) is 5.26 Å². The first-order valence-electron chi connectivity index (χ1n) is 10.8. The number of hydrogen-bond donors (Lipinski definition) is 2. The van der Waals surface area contributed by atoms with E-state index in [-0.39, 0.29) is 40.4 Å². The van der Waals surface area contributed by atoms with Gasteiger partial charge in [0.15, 0.2) is 0 Å². The molecule has 37 heavy (non-hydrogen) atoms. The summed E-state index contributed by atoms with van der Waals surface area (Å²) in [4.78, 5) is 17.9. The van der Waals surface area contributed by atoms with Crippen molar-refractivity contribution in [2.75, 3.05) is 4.90 Å². The molecule has 4 heterocycles. The number of nitrogens with one attached hydrogen (secondary N) is 1. The molecule has 5 rings (SSSR count). The van der Waals surface area contributed by atoms with E-state index in [1.54, 1.807) is 0 Å². The van der Waals surface area contributed by atoms with E-state index < -0.39 is 33.1 Å². The van der Waals surface area contributed by atoms with Crippen molar-refractivity contribution in [3.63, 3.8) is 0 Å². The number of aromatic nitrogens is 3. The van der Waals surface area contributed by atoms with Crippen LogP contribution >= 0.6 is 0 Å². The molecule has 16 heteroatoms. The number of rotatable bonds is 3. The summed E-state index contributed by atoms with van der Waals surface area (Å²) in [6.45, 7) is 0.0676. The van der Waals surface area contributed by atoms with E-state index in [0.717, 1.165) is 4.90 Å². The van der Waals surface area contributed by atoms with Crippen LogP contribution in [0, 0.1) is 17.1 Å². The van der Waals surface area contributed by atoms with Crippen molar-refractivity contribution in [2.45, 2.75) is 27.9 Å². The number of nitriles is 1.